The molecule has 5 heteroatoms. The molecule has 1 heterocycles. The monoisotopic (exact) mass is 361 g/mol. The molecule has 0 aliphatic carbocycles. The van der Waals surface area contributed by atoms with Gasteiger partial charge < -0.3 is 5.32 Å². The minimum absolute atomic E-state index is 0.177. The Kier molecular flexibility index (Phi) is 5.01. The molecular formula is C18H13Cl2NOS. The fourth-order valence-electron chi connectivity index (χ4n) is 2.29. The number of amides is 1. The SMILES string of the molecule is O=C(NCc1ccccc1-c1ccsc1)c1ccc(Cl)c(Cl)c1. The van der Waals surface area contributed by atoms with E-state index in [4.69, 9.17) is 23.2 Å². The van der Waals surface area contributed by atoms with Crippen LogP contribution in [0.4, 0.5) is 0 Å². The Morgan fingerprint density at radius 1 is 1.04 bits per heavy atom. The van der Waals surface area contributed by atoms with Gasteiger partial charge in [-0.15, -0.1) is 0 Å². The van der Waals surface area contributed by atoms with Crippen molar-refractivity contribution in [2.75, 3.05) is 0 Å². The lowest BCUT2D eigenvalue weighted by atomic mass is 10.0. The highest BCUT2D eigenvalue weighted by atomic mass is 35.5. The van der Waals surface area contributed by atoms with Crippen LogP contribution in [0.5, 0.6) is 0 Å². The molecule has 0 aliphatic heterocycles. The van der Waals surface area contributed by atoms with Crippen LogP contribution in [0, 0.1) is 0 Å². The highest BCUT2D eigenvalue weighted by molar-refractivity contribution is 7.08. The van der Waals surface area contributed by atoms with E-state index < -0.39 is 0 Å². The highest BCUT2D eigenvalue weighted by Gasteiger charge is 2.10. The average Bonchev–Trinajstić information content (AvgIpc) is 3.10. The summed E-state index contributed by atoms with van der Waals surface area (Å²) in [7, 11) is 0. The van der Waals surface area contributed by atoms with Gasteiger partial charge in [-0.3, -0.25) is 4.79 Å². The van der Waals surface area contributed by atoms with Gasteiger partial charge >= 0.3 is 0 Å². The van der Waals surface area contributed by atoms with Gasteiger partial charge in [0.2, 0.25) is 0 Å². The van der Waals surface area contributed by atoms with Crippen molar-refractivity contribution in [1.29, 1.82) is 0 Å². The minimum atomic E-state index is -0.177. The van der Waals surface area contributed by atoms with Crippen LogP contribution in [0.2, 0.25) is 10.0 Å². The first kappa shape index (κ1) is 16.1. The Hall–Kier alpha value is -1.81. The van der Waals surface area contributed by atoms with Crippen molar-refractivity contribution in [2.24, 2.45) is 0 Å². The van der Waals surface area contributed by atoms with E-state index in [0.717, 1.165) is 16.7 Å². The van der Waals surface area contributed by atoms with E-state index in [1.165, 1.54) is 0 Å². The lowest BCUT2D eigenvalue weighted by Gasteiger charge is -2.10. The number of carbonyl (C=O) groups is 1. The molecule has 2 nitrogen and oxygen atoms in total. The lowest BCUT2D eigenvalue weighted by molar-refractivity contribution is 0.0951. The summed E-state index contributed by atoms with van der Waals surface area (Å²) in [6, 6.07) is 15.0. The molecule has 0 spiro atoms. The van der Waals surface area contributed by atoms with Crippen molar-refractivity contribution >= 4 is 40.4 Å². The molecule has 0 atom stereocenters. The van der Waals surface area contributed by atoms with Crippen LogP contribution >= 0.6 is 34.5 Å². The molecule has 116 valence electrons. The molecule has 1 amide bonds. The molecule has 23 heavy (non-hydrogen) atoms. The summed E-state index contributed by atoms with van der Waals surface area (Å²) in [4.78, 5) is 12.3. The van der Waals surface area contributed by atoms with E-state index >= 15 is 0 Å². The van der Waals surface area contributed by atoms with E-state index in [9.17, 15) is 4.79 Å². The van der Waals surface area contributed by atoms with Gasteiger partial charge in [-0.2, -0.15) is 11.3 Å². The van der Waals surface area contributed by atoms with Gasteiger partial charge in [-0.25, -0.2) is 0 Å². The Balaban J connectivity index is 1.76. The maximum Gasteiger partial charge on any atom is 0.251 e. The molecule has 0 bridgehead atoms. The van der Waals surface area contributed by atoms with Crippen molar-refractivity contribution in [1.82, 2.24) is 5.32 Å². The van der Waals surface area contributed by atoms with Crippen LogP contribution < -0.4 is 5.32 Å². The normalized spacial score (nSPS) is 10.5. The first-order chi connectivity index (χ1) is 11.1. The Bertz CT molecular complexity index is 831. The second kappa shape index (κ2) is 7.18. The van der Waals surface area contributed by atoms with Crippen LogP contribution in [-0.4, -0.2) is 5.91 Å². The Morgan fingerprint density at radius 2 is 1.87 bits per heavy atom. The molecule has 2 aromatic carbocycles. The second-order valence-corrected chi connectivity index (χ2v) is 6.58. The fraction of sp³-hybridized carbons (Fsp3) is 0.0556. The summed E-state index contributed by atoms with van der Waals surface area (Å²) in [6.07, 6.45) is 0. The molecule has 0 unspecified atom stereocenters. The highest BCUT2D eigenvalue weighted by Crippen LogP contribution is 2.26. The minimum Gasteiger partial charge on any atom is -0.348 e. The second-order valence-electron chi connectivity index (χ2n) is 4.98. The predicted octanol–water partition coefficient (Wildman–Crippen LogP) is 5.65. The zero-order valence-electron chi connectivity index (χ0n) is 12.1. The molecule has 1 N–H and O–H groups in total. The maximum absolute atomic E-state index is 12.3. The third-order valence-corrected chi connectivity index (χ3v) is 4.89. The average molecular weight is 362 g/mol. The summed E-state index contributed by atoms with van der Waals surface area (Å²) in [5.41, 5.74) is 3.85. The number of hydrogen-bond donors (Lipinski definition) is 1. The van der Waals surface area contributed by atoms with Crippen molar-refractivity contribution in [3.05, 3.63) is 80.5 Å². The van der Waals surface area contributed by atoms with Crippen LogP contribution in [0.25, 0.3) is 11.1 Å². The van der Waals surface area contributed by atoms with Gasteiger partial charge in [0.25, 0.3) is 5.91 Å². The lowest BCUT2D eigenvalue weighted by Crippen LogP contribution is -2.23. The molecule has 0 saturated carbocycles. The molecule has 0 fully saturated rings. The van der Waals surface area contributed by atoms with Gasteiger partial charge in [0, 0.05) is 12.1 Å². The van der Waals surface area contributed by atoms with Gasteiger partial charge in [-0.1, -0.05) is 47.5 Å². The first-order valence-electron chi connectivity index (χ1n) is 6.99. The number of nitrogens with one attached hydrogen (secondary N) is 1. The van der Waals surface area contributed by atoms with E-state index in [1.807, 2.05) is 23.6 Å². The summed E-state index contributed by atoms with van der Waals surface area (Å²) in [5, 5.41) is 7.88. The van der Waals surface area contributed by atoms with Crippen LogP contribution in [0.3, 0.4) is 0 Å². The van der Waals surface area contributed by atoms with Crippen LogP contribution in [0.15, 0.2) is 59.3 Å². The smallest absolute Gasteiger partial charge is 0.251 e. The third-order valence-electron chi connectivity index (χ3n) is 3.47. The quantitative estimate of drug-likeness (QED) is 0.638. The zero-order valence-corrected chi connectivity index (χ0v) is 14.4. The molecular weight excluding hydrogens is 349 g/mol. The number of hydrogen-bond acceptors (Lipinski definition) is 2. The molecule has 0 radical (unpaired) electrons. The summed E-state index contributed by atoms with van der Waals surface area (Å²) in [6.45, 7) is 0.450. The summed E-state index contributed by atoms with van der Waals surface area (Å²) in [5.74, 6) is -0.177. The van der Waals surface area contributed by atoms with E-state index in [-0.39, 0.29) is 5.91 Å². The molecule has 0 saturated heterocycles. The van der Waals surface area contributed by atoms with Crippen molar-refractivity contribution in [3.8, 4) is 11.1 Å². The van der Waals surface area contributed by atoms with E-state index in [1.54, 1.807) is 29.5 Å². The number of halogens is 2. The molecule has 3 aromatic rings. The Morgan fingerprint density at radius 3 is 2.61 bits per heavy atom. The number of carbonyl (C=O) groups excluding carboxylic acids is 1. The predicted molar refractivity (Wildman–Crippen MR) is 97.4 cm³/mol. The van der Waals surface area contributed by atoms with Crippen molar-refractivity contribution in [2.45, 2.75) is 6.54 Å². The number of thiophene rings is 1. The number of benzene rings is 2. The van der Waals surface area contributed by atoms with E-state index in [0.29, 0.717) is 22.2 Å². The summed E-state index contributed by atoms with van der Waals surface area (Å²) < 4.78 is 0. The van der Waals surface area contributed by atoms with Gasteiger partial charge in [0.15, 0.2) is 0 Å². The number of rotatable bonds is 4. The van der Waals surface area contributed by atoms with Gasteiger partial charge in [0.05, 0.1) is 10.0 Å². The molecule has 3 rings (SSSR count). The van der Waals surface area contributed by atoms with Crippen LogP contribution in [-0.2, 0) is 6.54 Å². The van der Waals surface area contributed by atoms with Crippen LogP contribution in [0.1, 0.15) is 15.9 Å². The third kappa shape index (κ3) is 3.75. The summed E-state index contributed by atoms with van der Waals surface area (Å²) >= 11 is 13.5. The Labute approximate surface area is 148 Å². The van der Waals surface area contributed by atoms with Gasteiger partial charge in [-0.05, 0) is 51.7 Å². The standard InChI is InChI=1S/C18H13Cl2NOS/c19-16-6-5-12(9-17(16)20)18(22)21-10-13-3-1-2-4-15(13)14-7-8-23-11-14/h1-9,11H,10H2,(H,21,22). The molecule has 1 aromatic heterocycles. The van der Waals surface area contributed by atoms with E-state index in [2.05, 4.69) is 22.8 Å². The van der Waals surface area contributed by atoms with Gasteiger partial charge in [0.1, 0.15) is 0 Å². The fourth-order valence-corrected chi connectivity index (χ4v) is 3.24. The largest absolute Gasteiger partial charge is 0.348 e. The maximum atomic E-state index is 12.3. The van der Waals surface area contributed by atoms with Crippen molar-refractivity contribution < 1.29 is 4.79 Å². The van der Waals surface area contributed by atoms with Crippen molar-refractivity contribution in [3.63, 3.8) is 0 Å². The zero-order chi connectivity index (χ0) is 16.2. The first-order valence-corrected chi connectivity index (χ1v) is 8.69. The molecule has 0 aliphatic rings. The topological polar surface area (TPSA) is 29.1 Å².